The Kier molecular flexibility index (Phi) is 36.0. The van der Waals surface area contributed by atoms with E-state index >= 15 is 0 Å². The molecule has 22 heteroatoms. The minimum atomic E-state index is -5.52. The number of nitrogens with two attached hydrogens (primary N) is 1. The first-order valence-corrected chi connectivity index (χ1v) is 29.1. The van der Waals surface area contributed by atoms with Crippen LogP contribution in [0.3, 0.4) is 0 Å². The highest BCUT2D eigenvalue weighted by Crippen LogP contribution is 2.60. The number of nitrogens with zero attached hydrogens (tertiary/aromatic N) is 2. The lowest BCUT2D eigenvalue weighted by Crippen LogP contribution is -2.36. The summed E-state index contributed by atoms with van der Waals surface area (Å²) in [7, 11) is -11.0. The van der Waals surface area contributed by atoms with E-state index in [0.717, 1.165) is 81.4 Å². The topological polar surface area (TPSA) is 306 Å². The third-order valence-corrected chi connectivity index (χ3v) is 13.7. The zero-order chi connectivity index (χ0) is 55.9. The molecule has 2 unspecified atom stereocenters. The second kappa shape index (κ2) is 40.5. The van der Waals surface area contributed by atoms with E-state index in [-0.39, 0.29) is 37.9 Å². The summed E-state index contributed by atoms with van der Waals surface area (Å²) in [5.41, 5.74) is 4.56. The van der Waals surface area contributed by atoms with Crippen LogP contribution in [0.1, 0.15) is 136 Å². The number of allylic oxidation sites excluding steroid dienone is 17. The van der Waals surface area contributed by atoms with Crippen LogP contribution in [0.15, 0.2) is 126 Å². The Morgan fingerprint density at radius 1 is 0.684 bits per heavy atom. The van der Waals surface area contributed by atoms with Gasteiger partial charge in [-0.3, -0.25) is 23.2 Å². The van der Waals surface area contributed by atoms with Crippen molar-refractivity contribution in [3.8, 4) is 0 Å². The van der Waals surface area contributed by atoms with Gasteiger partial charge < -0.3 is 50.2 Å². The van der Waals surface area contributed by atoms with Crippen LogP contribution in [0.4, 0.5) is 5.82 Å². The zero-order valence-corrected chi connectivity index (χ0v) is 45.8. The largest absolute Gasteiger partial charge is 0.481 e. The summed E-state index contributed by atoms with van der Waals surface area (Å²) < 4.78 is 56.6. The fourth-order valence-corrected chi connectivity index (χ4v) is 9.07. The number of ether oxygens (including phenoxy) is 3. The average Bonchev–Trinajstić information content (AvgIpc) is 3.65. The number of rotatable bonds is 41. The first kappa shape index (κ1) is 67.4. The second-order valence-electron chi connectivity index (χ2n) is 17.6. The number of aliphatic hydroxyl groups is 4. The maximum Gasteiger partial charge on any atom is 0.481 e. The summed E-state index contributed by atoms with van der Waals surface area (Å²) in [5.74, 6) is -1.65. The Morgan fingerprint density at radius 2 is 1.20 bits per heavy atom. The van der Waals surface area contributed by atoms with Crippen LogP contribution in [0, 0.1) is 0 Å². The Balaban J connectivity index is 1.88. The summed E-state index contributed by atoms with van der Waals surface area (Å²) >= 11 is 0. The third kappa shape index (κ3) is 32.2. The zero-order valence-electron chi connectivity index (χ0n) is 44.0. The normalized spacial score (nSPS) is 20.4. The maximum absolute atomic E-state index is 12.9. The van der Waals surface area contributed by atoms with E-state index in [9.17, 15) is 53.7 Å². The number of aliphatic hydroxyl groups excluding tert-OH is 4. The van der Waals surface area contributed by atoms with E-state index in [1.807, 2.05) is 18.2 Å². The monoisotopic (exact) mass is 1110 g/mol. The van der Waals surface area contributed by atoms with Gasteiger partial charge in [0.15, 0.2) is 12.3 Å². The lowest BCUT2D eigenvalue weighted by Gasteiger charge is -2.22. The molecule has 9 atom stereocenters. The van der Waals surface area contributed by atoms with Crippen molar-refractivity contribution in [2.45, 2.75) is 172 Å². The van der Waals surface area contributed by atoms with Crippen molar-refractivity contribution in [3.63, 3.8) is 0 Å². The fourth-order valence-electron chi connectivity index (χ4n) is 6.96. The summed E-state index contributed by atoms with van der Waals surface area (Å²) in [5, 5.41) is 41.9. The minimum Gasteiger partial charge on any atom is -0.462 e. The van der Waals surface area contributed by atoms with Crippen LogP contribution in [0.5, 0.6) is 0 Å². The average molecular weight is 1110 g/mol. The van der Waals surface area contributed by atoms with Gasteiger partial charge in [0, 0.05) is 19.0 Å². The molecule has 0 amide bonds. The van der Waals surface area contributed by atoms with Gasteiger partial charge in [0.2, 0.25) is 0 Å². The number of aromatic nitrogens is 2. The Bertz CT molecular complexity index is 2240. The van der Waals surface area contributed by atoms with E-state index in [1.165, 1.54) is 6.07 Å². The fraction of sp³-hybridized carbons (Fsp3) is 0.556. The number of unbranched alkanes of at least 4 members (excludes halogenated alkanes) is 3. The first-order valence-electron chi connectivity index (χ1n) is 26.1. The summed E-state index contributed by atoms with van der Waals surface area (Å²) in [6, 6.07) is 1.23. The summed E-state index contributed by atoms with van der Waals surface area (Å²) in [4.78, 5) is 62.0. The number of phosphoric acid groups is 2. The van der Waals surface area contributed by atoms with Crippen molar-refractivity contribution < 1.29 is 76.5 Å². The number of hydrogen-bond acceptors (Lipinski definition) is 17. The minimum absolute atomic E-state index is 0.0196. The van der Waals surface area contributed by atoms with Crippen molar-refractivity contribution in [2.75, 3.05) is 25.6 Å². The van der Waals surface area contributed by atoms with Gasteiger partial charge in [-0.2, -0.15) is 9.29 Å². The molecular formula is C54H83N3O17P2. The van der Waals surface area contributed by atoms with E-state index in [0.29, 0.717) is 12.8 Å². The van der Waals surface area contributed by atoms with E-state index in [4.69, 9.17) is 29.0 Å². The Labute approximate surface area is 447 Å². The lowest BCUT2D eigenvalue weighted by molar-refractivity contribution is -0.161. The molecule has 8 N–H and O–H groups in total. The predicted octanol–water partition coefficient (Wildman–Crippen LogP) is 8.94. The Hall–Kier alpha value is -4.66. The molecule has 0 saturated carbocycles. The molecular weight excluding hydrogens is 1020 g/mol. The van der Waals surface area contributed by atoms with Crippen LogP contribution in [-0.2, 0) is 46.3 Å². The molecule has 0 bridgehead atoms. The van der Waals surface area contributed by atoms with Gasteiger partial charge >= 0.3 is 33.3 Å². The van der Waals surface area contributed by atoms with Gasteiger partial charge in [-0.05, 0) is 102 Å². The molecule has 1 saturated heterocycles. The van der Waals surface area contributed by atoms with Crippen LogP contribution >= 0.6 is 15.6 Å². The van der Waals surface area contributed by atoms with Crippen molar-refractivity contribution in [3.05, 3.63) is 132 Å². The highest BCUT2D eigenvalue weighted by molar-refractivity contribution is 7.61. The molecule has 1 aromatic heterocycles. The molecule has 20 nitrogen and oxygen atoms in total. The van der Waals surface area contributed by atoms with E-state index in [2.05, 4.69) is 108 Å². The second-order valence-corrected chi connectivity index (χ2v) is 20.6. The summed E-state index contributed by atoms with van der Waals surface area (Å²) in [6.45, 7) is 1.60. The van der Waals surface area contributed by atoms with Crippen LogP contribution in [0.2, 0.25) is 0 Å². The van der Waals surface area contributed by atoms with Crippen molar-refractivity contribution in [1.29, 1.82) is 0 Å². The van der Waals surface area contributed by atoms with Crippen LogP contribution in [-0.4, -0.2) is 108 Å². The van der Waals surface area contributed by atoms with Gasteiger partial charge in [0.05, 0.1) is 25.4 Å². The van der Waals surface area contributed by atoms with Crippen LogP contribution < -0.4 is 11.4 Å². The Morgan fingerprint density at radius 3 is 1.75 bits per heavy atom. The molecule has 0 radical (unpaired) electrons. The number of carbonyl (C=O) groups is 2. The molecule has 426 valence electrons. The molecule has 0 aromatic carbocycles. The van der Waals surface area contributed by atoms with Crippen molar-refractivity contribution in [1.82, 2.24) is 9.55 Å². The highest BCUT2D eigenvalue weighted by Gasteiger charge is 2.46. The van der Waals surface area contributed by atoms with Gasteiger partial charge in [-0.1, -0.05) is 130 Å². The molecule has 1 fully saturated rings. The number of hydrogen-bond donors (Lipinski definition) is 7. The number of phosphoric ester groups is 2. The molecule has 0 spiro atoms. The van der Waals surface area contributed by atoms with Crippen molar-refractivity contribution >= 4 is 33.4 Å². The first-order chi connectivity index (χ1) is 36.5. The third-order valence-electron chi connectivity index (χ3n) is 11.1. The highest BCUT2D eigenvalue weighted by atomic mass is 31.3. The van der Waals surface area contributed by atoms with Crippen LogP contribution in [0.25, 0.3) is 0 Å². The standard InChI is InChI=1S/C54H83N3O17P2/c1-3-5-7-9-11-13-15-17-18-19-20-21-22-23-25-27-29-31-33-37-49(60)69-41-44(72-50(61)38-34-36-46(59)45(58)35-32-30-28-26-24-16-14-12-10-8-6-4-2)42-70-75(65,66)74-76(67,68)71-43-47-51(62)52(63)53(73-47)57-40-39-48(55)56-54(57)64/h5-8,11-14,17-18,20-21,23-26,30,32,39-40,44-47,51-53,58-59,62-63H,3-4,9-10,15-16,19,22,27-29,31,33-38,41-43H2,1-2H3,(H,65,66)(H,67,68)(H2,55,56,64)/b7-5-,8-6-,13-11-,14-12-,18-17-,21-20-,25-23-,26-24-,32-30-/t44-,45-,46-,47-,51-,52-,53-/m1/s1. The number of nitrogen functional groups attached to an aromatic ring is 1. The molecule has 0 aliphatic carbocycles. The molecule has 1 aromatic rings. The molecule has 1 aliphatic heterocycles. The van der Waals surface area contributed by atoms with Gasteiger partial charge in [0.25, 0.3) is 0 Å². The predicted molar refractivity (Wildman–Crippen MR) is 291 cm³/mol. The maximum atomic E-state index is 12.9. The summed E-state index contributed by atoms with van der Waals surface area (Å²) in [6.07, 6.45) is 38.9. The van der Waals surface area contributed by atoms with Gasteiger partial charge in [-0.25, -0.2) is 13.9 Å². The molecule has 76 heavy (non-hydrogen) atoms. The molecule has 1 aliphatic rings. The van der Waals surface area contributed by atoms with Gasteiger partial charge in [-0.15, -0.1) is 0 Å². The molecule has 2 rings (SSSR count). The number of esters is 2. The van der Waals surface area contributed by atoms with Gasteiger partial charge in [0.1, 0.15) is 30.7 Å². The smallest absolute Gasteiger partial charge is 0.462 e. The van der Waals surface area contributed by atoms with E-state index in [1.54, 1.807) is 6.08 Å². The quantitative estimate of drug-likeness (QED) is 0.0139. The number of anilines is 1. The molecule has 2 heterocycles. The number of carbonyl (C=O) groups excluding carboxylic acids is 2. The lowest BCUT2D eigenvalue weighted by atomic mass is 10.0. The van der Waals surface area contributed by atoms with E-state index < -0.39 is 95.9 Å². The van der Waals surface area contributed by atoms with Crippen molar-refractivity contribution in [2.24, 2.45) is 0 Å². The SMILES string of the molecule is CC/C=C\C/C=C\C/C=C\C/C=C\C/C=C\CCCCCC(=O)OC[C@H](COP(=O)(O)OP(=O)(O)OC[C@H]1O[C@@H](n2ccc(N)nc2=O)[C@H](O)[C@@H]1O)OC(=O)CCC[C@@H](O)[C@H](O)C/C=C\C/C=C\C/C=C\C/C=C\CC.